The van der Waals surface area contributed by atoms with Crippen LogP contribution in [0.5, 0.6) is 0 Å². The standard InChI is InChI=1S/C10H19NO7.C9H15NO6.C9H17NO6/c1-5(14)11-6-7(15)8(16)10(3-12,4-13)18-9(6)17-2;1-4(12)10-5-6(13)7(14)9(2-11)3-15-8(5)16-9;1-4(12)10-6-8(14)7(13)5(3-11)16-9(6)15-2/h6-9,12-13,15-16H,3-4H2,1-2H3,(H,11,14);5-8,11,13-14H,2-3H2,1H3,(H,10,12);5-9,11,13-14H,3H2,1-2H3,(H,10,12)/t6-,7-,8-,9+;2*5-,6+,7+,8-,9-/m101/s1. The lowest BCUT2D eigenvalue weighted by Crippen LogP contribution is -2.70. The average molecular weight is 734 g/mol. The Bertz CT molecular complexity index is 1080. The summed E-state index contributed by atoms with van der Waals surface area (Å²) in [5.41, 5.74) is -3.01. The molecule has 4 rings (SSSR count). The first-order valence-electron chi connectivity index (χ1n) is 15.4. The summed E-state index contributed by atoms with van der Waals surface area (Å²) < 4.78 is 30.9. The van der Waals surface area contributed by atoms with Crippen molar-refractivity contribution < 1.29 is 93.9 Å². The molecule has 14 atom stereocenters. The van der Waals surface area contributed by atoms with Crippen LogP contribution in [0.2, 0.25) is 0 Å². The Morgan fingerprint density at radius 2 is 1.14 bits per heavy atom. The van der Waals surface area contributed by atoms with Crippen LogP contribution in [0.25, 0.3) is 0 Å². The molecule has 2 bridgehead atoms. The van der Waals surface area contributed by atoms with Gasteiger partial charge in [-0.2, -0.15) is 0 Å². The molecule has 4 aliphatic rings. The lowest BCUT2D eigenvalue weighted by Gasteiger charge is -2.48. The molecule has 0 aromatic heterocycles. The molecule has 0 spiro atoms. The number of fused-ring (bicyclic) bond motifs is 2. The van der Waals surface area contributed by atoms with Crippen LogP contribution < -0.4 is 16.0 Å². The van der Waals surface area contributed by atoms with E-state index in [9.17, 15) is 55.2 Å². The van der Waals surface area contributed by atoms with Gasteiger partial charge in [-0.3, -0.25) is 14.4 Å². The third-order valence-electron chi connectivity index (χ3n) is 8.50. The van der Waals surface area contributed by atoms with E-state index in [1.54, 1.807) is 0 Å². The van der Waals surface area contributed by atoms with E-state index in [0.29, 0.717) is 0 Å². The predicted molar refractivity (Wildman–Crippen MR) is 161 cm³/mol. The molecule has 13 N–H and O–H groups in total. The lowest BCUT2D eigenvalue weighted by atomic mass is 9.86. The topological polar surface area (TPSA) is 345 Å². The van der Waals surface area contributed by atoms with Crippen LogP contribution in [0.3, 0.4) is 0 Å². The van der Waals surface area contributed by atoms with Crippen LogP contribution in [0, 0.1) is 0 Å². The van der Waals surface area contributed by atoms with E-state index in [1.165, 1.54) is 35.0 Å². The van der Waals surface area contributed by atoms with Gasteiger partial charge < -0.3 is 95.4 Å². The highest BCUT2D eigenvalue weighted by Gasteiger charge is 2.59. The van der Waals surface area contributed by atoms with Crippen molar-refractivity contribution in [1.29, 1.82) is 0 Å². The predicted octanol–water partition coefficient (Wildman–Crippen LogP) is -8.15. The molecule has 22 nitrogen and oxygen atoms in total. The molecule has 0 aromatic rings. The molecular weight excluding hydrogens is 682 g/mol. The number of aliphatic hydroxyl groups is 10. The second kappa shape index (κ2) is 19.0. The van der Waals surface area contributed by atoms with Gasteiger partial charge in [-0.1, -0.05) is 0 Å². The maximum Gasteiger partial charge on any atom is 0.217 e. The lowest BCUT2D eigenvalue weighted by molar-refractivity contribution is -0.314. The summed E-state index contributed by atoms with van der Waals surface area (Å²) in [6.07, 6.45) is -11.8. The first-order chi connectivity index (χ1) is 23.4. The van der Waals surface area contributed by atoms with E-state index in [1.807, 2.05) is 0 Å². The molecule has 0 aromatic carbocycles. The van der Waals surface area contributed by atoms with Gasteiger partial charge in [0.05, 0.1) is 33.0 Å². The number of amides is 3. The molecule has 4 saturated heterocycles. The molecule has 4 heterocycles. The Kier molecular flexibility index (Phi) is 16.7. The highest BCUT2D eigenvalue weighted by molar-refractivity contribution is 5.74. The van der Waals surface area contributed by atoms with Gasteiger partial charge >= 0.3 is 0 Å². The van der Waals surface area contributed by atoms with Gasteiger partial charge in [-0.05, 0) is 0 Å². The van der Waals surface area contributed by atoms with E-state index in [2.05, 4.69) is 16.0 Å². The number of aliphatic hydroxyl groups excluding tert-OH is 10. The maximum atomic E-state index is 11.0. The Morgan fingerprint density at radius 1 is 0.660 bits per heavy atom. The zero-order valence-electron chi connectivity index (χ0n) is 28.2. The molecule has 4 fully saturated rings. The number of carbonyl (C=O) groups is 3. The number of methoxy groups -OCH3 is 2. The van der Waals surface area contributed by atoms with Gasteiger partial charge in [0.25, 0.3) is 0 Å². The van der Waals surface area contributed by atoms with Gasteiger partial charge in [0.15, 0.2) is 18.9 Å². The summed E-state index contributed by atoms with van der Waals surface area (Å²) in [5.74, 6) is -1.16. The molecule has 3 amide bonds. The monoisotopic (exact) mass is 733 g/mol. The SMILES string of the molecule is CC(=O)N[C@@H]1[C@H]2OC[C@](CO)(O2)[C@H](O)[C@@H]1O.CO[C@@H]1O[C@H](CO)[C@H](O)[C@H](O)[C@@H]1NC(C)=O.CO[C@H]1OC(CO)(CO)[C@H](O)[C@H](O)[C@H]1NC(C)=O. The van der Waals surface area contributed by atoms with Crippen LogP contribution in [-0.4, -0.2) is 207 Å². The number of carbonyl (C=O) groups excluding carboxylic acids is 3. The molecule has 50 heavy (non-hydrogen) atoms. The van der Waals surface area contributed by atoms with Crippen LogP contribution in [0.15, 0.2) is 0 Å². The van der Waals surface area contributed by atoms with Crippen LogP contribution in [0.4, 0.5) is 0 Å². The highest BCUT2D eigenvalue weighted by Crippen LogP contribution is 2.36. The van der Waals surface area contributed by atoms with Crippen molar-refractivity contribution in [2.75, 3.05) is 47.3 Å². The highest BCUT2D eigenvalue weighted by atomic mass is 16.7. The number of ether oxygens (including phenoxy) is 6. The average Bonchev–Trinajstić information content (AvgIpc) is 3.50. The summed E-state index contributed by atoms with van der Waals surface area (Å²) in [6.45, 7) is 1.52. The van der Waals surface area contributed by atoms with Gasteiger partial charge in [0.1, 0.15) is 72.1 Å². The van der Waals surface area contributed by atoms with E-state index >= 15 is 0 Å². The van der Waals surface area contributed by atoms with Crippen molar-refractivity contribution in [3.05, 3.63) is 0 Å². The zero-order valence-corrected chi connectivity index (χ0v) is 28.2. The quantitative estimate of drug-likeness (QED) is 0.105. The molecule has 4 aliphatic heterocycles. The van der Waals surface area contributed by atoms with Crippen molar-refractivity contribution in [1.82, 2.24) is 16.0 Å². The van der Waals surface area contributed by atoms with Crippen molar-refractivity contribution in [2.24, 2.45) is 0 Å². The normalized spacial score (nSPS) is 40.3. The van der Waals surface area contributed by atoms with Crippen LogP contribution in [0.1, 0.15) is 20.8 Å². The van der Waals surface area contributed by atoms with E-state index < -0.39 is 123 Å². The second-order valence-electron chi connectivity index (χ2n) is 12.1. The molecule has 0 unspecified atom stereocenters. The van der Waals surface area contributed by atoms with E-state index in [0.717, 1.165) is 0 Å². The first kappa shape index (κ1) is 43.9. The molecule has 0 aliphatic carbocycles. The third kappa shape index (κ3) is 9.80. The molecule has 0 radical (unpaired) electrons. The Hall–Kier alpha value is -2.23. The summed E-state index contributed by atoms with van der Waals surface area (Å²) >= 11 is 0. The number of hydrogen-bond donors (Lipinski definition) is 13. The summed E-state index contributed by atoms with van der Waals surface area (Å²) in [6, 6.07) is -2.68. The van der Waals surface area contributed by atoms with Gasteiger partial charge in [0.2, 0.25) is 17.7 Å². The second-order valence-corrected chi connectivity index (χ2v) is 12.1. The minimum absolute atomic E-state index is 0.0114. The van der Waals surface area contributed by atoms with Gasteiger partial charge in [-0.15, -0.1) is 0 Å². The molecule has 292 valence electrons. The maximum absolute atomic E-state index is 11.0. The fourth-order valence-electron chi connectivity index (χ4n) is 5.70. The molecule has 22 heteroatoms. The minimum atomic E-state index is -1.73. The van der Waals surface area contributed by atoms with Crippen molar-refractivity contribution in [3.63, 3.8) is 0 Å². The smallest absolute Gasteiger partial charge is 0.217 e. The van der Waals surface area contributed by atoms with Crippen molar-refractivity contribution in [3.8, 4) is 0 Å². The summed E-state index contributed by atoms with van der Waals surface area (Å²) in [7, 11) is 2.63. The van der Waals surface area contributed by atoms with Gasteiger partial charge in [-0.25, -0.2) is 0 Å². The Morgan fingerprint density at radius 3 is 1.58 bits per heavy atom. The summed E-state index contributed by atoms with van der Waals surface area (Å²) in [4.78, 5) is 32.8. The number of nitrogens with one attached hydrogen (secondary N) is 3. The van der Waals surface area contributed by atoms with Crippen LogP contribution >= 0.6 is 0 Å². The van der Waals surface area contributed by atoms with Crippen molar-refractivity contribution in [2.45, 2.75) is 112 Å². The Labute approximate surface area is 286 Å². The first-order valence-corrected chi connectivity index (χ1v) is 15.4. The van der Waals surface area contributed by atoms with E-state index in [-0.39, 0.29) is 18.4 Å². The summed E-state index contributed by atoms with van der Waals surface area (Å²) in [5, 5.41) is 103. The zero-order chi connectivity index (χ0) is 38.1. The largest absolute Gasteiger partial charge is 0.394 e. The molecule has 0 saturated carbocycles. The molecular formula is C28H51N3O19. The minimum Gasteiger partial charge on any atom is -0.394 e. The van der Waals surface area contributed by atoms with Gasteiger partial charge in [0, 0.05) is 35.0 Å². The fourth-order valence-corrected chi connectivity index (χ4v) is 5.70. The van der Waals surface area contributed by atoms with Crippen molar-refractivity contribution >= 4 is 17.7 Å². The number of hydrogen-bond acceptors (Lipinski definition) is 19. The van der Waals surface area contributed by atoms with E-state index in [4.69, 9.17) is 38.6 Å². The van der Waals surface area contributed by atoms with Crippen LogP contribution in [-0.2, 0) is 42.8 Å². The Balaban J connectivity index is 0.000000261. The third-order valence-corrected chi connectivity index (χ3v) is 8.50. The number of rotatable bonds is 9. The fraction of sp³-hybridized carbons (Fsp3) is 0.893.